The molecule has 0 bridgehead atoms. The Morgan fingerprint density at radius 2 is 1.96 bits per heavy atom. The van der Waals surface area contributed by atoms with Crippen molar-refractivity contribution in [2.45, 2.75) is 20.1 Å². The van der Waals surface area contributed by atoms with E-state index in [4.69, 9.17) is 9.26 Å². The second-order valence-electron chi connectivity index (χ2n) is 5.39. The van der Waals surface area contributed by atoms with Crippen molar-refractivity contribution in [2.24, 2.45) is 0 Å². The van der Waals surface area contributed by atoms with Crippen LogP contribution in [0.15, 0.2) is 34.9 Å². The lowest BCUT2D eigenvalue weighted by atomic mass is 10.1. The molecule has 2 N–H and O–H groups in total. The maximum absolute atomic E-state index is 11.9. The van der Waals surface area contributed by atoms with Crippen LogP contribution in [-0.2, 0) is 27.5 Å². The fraction of sp³-hybridized carbons (Fsp3) is 0.353. The summed E-state index contributed by atoms with van der Waals surface area (Å²) in [5.74, 6) is 1.04. The van der Waals surface area contributed by atoms with E-state index in [0.29, 0.717) is 24.7 Å². The zero-order valence-corrected chi connectivity index (χ0v) is 15.0. The number of aromatic nitrogens is 1. The minimum absolute atomic E-state index is 0.118. The van der Waals surface area contributed by atoms with Gasteiger partial charge in [-0.15, -0.1) is 11.8 Å². The monoisotopic (exact) mass is 363 g/mol. The van der Waals surface area contributed by atoms with Gasteiger partial charge >= 0.3 is 0 Å². The zero-order chi connectivity index (χ0) is 18.1. The number of ether oxygens (including phenoxy) is 1. The summed E-state index contributed by atoms with van der Waals surface area (Å²) in [6.45, 7) is 2.73. The van der Waals surface area contributed by atoms with Gasteiger partial charge in [0.15, 0.2) is 5.82 Å². The second kappa shape index (κ2) is 9.85. The Bertz CT molecular complexity index is 717. The van der Waals surface area contributed by atoms with Crippen LogP contribution < -0.4 is 10.6 Å². The molecule has 0 fully saturated rings. The molecule has 0 spiro atoms. The minimum Gasteiger partial charge on any atom is -0.380 e. The number of nitrogens with zero attached hydrogens (tertiary/aromatic N) is 1. The summed E-state index contributed by atoms with van der Waals surface area (Å²) in [4.78, 5) is 23.6. The van der Waals surface area contributed by atoms with E-state index in [2.05, 4.69) is 15.8 Å². The van der Waals surface area contributed by atoms with Crippen molar-refractivity contribution < 1.29 is 18.8 Å². The summed E-state index contributed by atoms with van der Waals surface area (Å²) < 4.78 is 9.95. The highest BCUT2D eigenvalue weighted by atomic mass is 32.2. The Morgan fingerprint density at radius 3 is 2.68 bits per heavy atom. The lowest BCUT2D eigenvalue weighted by Gasteiger charge is -2.07. The van der Waals surface area contributed by atoms with Crippen molar-refractivity contribution in [3.8, 4) is 0 Å². The van der Waals surface area contributed by atoms with E-state index in [1.807, 2.05) is 24.3 Å². The molecule has 134 valence electrons. The van der Waals surface area contributed by atoms with E-state index < -0.39 is 0 Å². The number of carbonyl (C=O) groups excluding carboxylic acids is 2. The number of amides is 2. The molecular formula is C17H21N3O4S. The lowest BCUT2D eigenvalue weighted by Crippen LogP contribution is -2.25. The fourth-order valence-corrected chi connectivity index (χ4v) is 2.74. The topological polar surface area (TPSA) is 93.5 Å². The van der Waals surface area contributed by atoms with Crippen LogP contribution in [0.25, 0.3) is 0 Å². The number of benzene rings is 1. The van der Waals surface area contributed by atoms with E-state index in [0.717, 1.165) is 11.1 Å². The summed E-state index contributed by atoms with van der Waals surface area (Å²) in [5, 5.41) is 9.12. The number of rotatable bonds is 9. The minimum atomic E-state index is -0.224. The molecular weight excluding hydrogens is 342 g/mol. The van der Waals surface area contributed by atoms with Crippen molar-refractivity contribution in [1.29, 1.82) is 0 Å². The van der Waals surface area contributed by atoms with Gasteiger partial charge in [0.1, 0.15) is 5.76 Å². The highest BCUT2D eigenvalue weighted by molar-refractivity contribution is 8.00. The van der Waals surface area contributed by atoms with Crippen LogP contribution in [0.2, 0.25) is 0 Å². The van der Waals surface area contributed by atoms with Crippen LogP contribution >= 0.6 is 11.8 Å². The van der Waals surface area contributed by atoms with Crippen molar-refractivity contribution in [1.82, 2.24) is 10.5 Å². The van der Waals surface area contributed by atoms with Gasteiger partial charge in [-0.05, 0) is 18.1 Å². The third-order valence-corrected chi connectivity index (χ3v) is 4.09. The number of hydrogen-bond acceptors (Lipinski definition) is 6. The average Bonchev–Trinajstić information content (AvgIpc) is 2.98. The Hall–Kier alpha value is -2.32. The van der Waals surface area contributed by atoms with Crippen molar-refractivity contribution in [2.75, 3.05) is 23.9 Å². The summed E-state index contributed by atoms with van der Waals surface area (Å²) in [5.41, 5.74) is 2.07. The van der Waals surface area contributed by atoms with Crippen LogP contribution in [0.1, 0.15) is 16.9 Å². The van der Waals surface area contributed by atoms with Gasteiger partial charge in [-0.25, -0.2) is 0 Å². The van der Waals surface area contributed by atoms with Gasteiger partial charge in [0.25, 0.3) is 0 Å². The molecule has 0 aliphatic carbocycles. The van der Waals surface area contributed by atoms with Crippen LogP contribution in [-0.4, -0.2) is 35.6 Å². The van der Waals surface area contributed by atoms with Gasteiger partial charge in [-0.1, -0.05) is 29.4 Å². The number of nitrogens with one attached hydrogen (secondary N) is 2. The Kier molecular flexibility index (Phi) is 7.49. The SMILES string of the molecule is COCc1cccc(CNC(=O)CSCC(=O)Nc2cc(C)on2)c1. The van der Waals surface area contributed by atoms with E-state index in [1.165, 1.54) is 11.8 Å². The first-order valence-corrected chi connectivity index (χ1v) is 8.86. The van der Waals surface area contributed by atoms with Crippen molar-refractivity contribution in [3.05, 3.63) is 47.2 Å². The molecule has 1 aromatic heterocycles. The molecule has 0 unspecified atom stereocenters. The van der Waals surface area contributed by atoms with Crippen LogP contribution in [0, 0.1) is 6.92 Å². The van der Waals surface area contributed by atoms with E-state index in [-0.39, 0.29) is 23.3 Å². The second-order valence-corrected chi connectivity index (χ2v) is 6.38. The summed E-state index contributed by atoms with van der Waals surface area (Å²) >= 11 is 1.24. The number of methoxy groups -OCH3 is 1. The van der Waals surface area contributed by atoms with Crippen molar-refractivity contribution >= 4 is 29.4 Å². The standard InChI is InChI=1S/C17H21N3O4S/c1-12-6-15(20-24-12)19-17(22)11-25-10-16(21)18-8-13-4-3-5-14(7-13)9-23-2/h3-7H,8-11H2,1-2H3,(H,18,21)(H,19,20,22). The zero-order valence-electron chi connectivity index (χ0n) is 14.2. The third kappa shape index (κ3) is 6.98. The van der Waals surface area contributed by atoms with Crippen LogP contribution in [0.5, 0.6) is 0 Å². The summed E-state index contributed by atoms with van der Waals surface area (Å²) in [6.07, 6.45) is 0. The predicted octanol–water partition coefficient (Wildman–Crippen LogP) is 2.12. The molecule has 2 rings (SSSR count). The molecule has 7 nitrogen and oxygen atoms in total. The summed E-state index contributed by atoms with van der Waals surface area (Å²) in [6, 6.07) is 9.47. The van der Waals surface area contributed by atoms with E-state index in [1.54, 1.807) is 20.1 Å². The lowest BCUT2D eigenvalue weighted by molar-refractivity contribution is -0.118. The quantitative estimate of drug-likeness (QED) is 0.709. The molecule has 1 aromatic carbocycles. The fourth-order valence-electron chi connectivity index (χ4n) is 2.09. The Balaban J connectivity index is 1.65. The number of hydrogen-bond donors (Lipinski definition) is 2. The van der Waals surface area contributed by atoms with E-state index in [9.17, 15) is 9.59 Å². The highest BCUT2D eigenvalue weighted by Gasteiger charge is 2.08. The molecule has 1 heterocycles. The average molecular weight is 363 g/mol. The largest absolute Gasteiger partial charge is 0.380 e. The summed E-state index contributed by atoms with van der Waals surface area (Å²) in [7, 11) is 1.64. The van der Waals surface area contributed by atoms with Gasteiger partial charge in [-0.3, -0.25) is 9.59 Å². The maximum Gasteiger partial charge on any atom is 0.235 e. The number of thioether (sulfide) groups is 1. The van der Waals surface area contributed by atoms with Gasteiger partial charge in [0, 0.05) is 19.7 Å². The molecule has 0 saturated carbocycles. The Labute approximate surface area is 150 Å². The maximum atomic E-state index is 11.9. The third-order valence-electron chi connectivity index (χ3n) is 3.15. The number of carbonyl (C=O) groups is 2. The molecule has 0 atom stereocenters. The molecule has 8 heteroatoms. The van der Waals surface area contributed by atoms with Gasteiger partial charge in [0.2, 0.25) is 11.8 Å². The predicted molar refractivity (Wildman–Crippen MR) is 96.2 cm³/mol. The molecule has 0 aliphatic heterocycles. The molecule has 0 saturated heterocycles. The highest BCUT2D eigenvalue weighted by Crippen LogP contribution is 2.09. The first-order valence-electron chi connectivity index (χ1n) is 7.71. The van der Waals surface area contributed by atoms with Crippen molar-refractivity contribution in [3.63, 3.8) is 0 Å². The molecule has 25 heavy (non-hydrogen) atoms. The van der Waals surface area contributed by atoms with Gasteiger partial charge < -0.3 is 19.9 Å². The molecule has 0 aliphatic rings. The smallest absolute Gasteiger partial charge is 0.235 e. The van der Waals surface area contributed by atoms with Gasteiger partial charge in [-0.2, -0.15) is 0 Å². The first kappa shape index (κ1) is 19.0. The molecule has 2 aromatic rings. The number of aryl methyl sites for hydroxylation is 1. The number of anilines is 1. The van der Waals surface area contributed by atoms with Crippen LogP contribution in [0.4, 0.5) is 5.82 Å². The first-order chi connectivity index (χ1) is 12.1. The normalized spacial score (nSPS) is 10.5. The van der Waals surface area contributed by atoms with E-state index >= 15 is 0 Å². The molecule has 2 amide bonds. The Morgan fingerprint density at radius 1 is 1.20 bits per heavy atom. The molecule has 0 radical (unpaired) electrons. The van der Waals surface area contributed by atoms with Crippen LogP contribution in [0.3, 0.4) is 0 Å². The van der Waals surface area contributed by atoms with Gasteiger partial charge in [0.05, 0.1) is 18.1 Å².